The smallest absolute Gasteiger partial charge is 0.410 e. The lowest BCUT2D eigenvalue weighted by Crippen LogP contribution is -2.52. The standard InChI is InChI=1S/C23H38N2O3Si/c1-23(2,3)29(5,6)28-16-20-21(24-15-17-11-8-7-9-12-17)18-13-10-14-19(18)25(20)22(26)27-4/h7-9,11-12,18-21,24H,10,13-16H2,1-6H3/t18-,19+,20-,21-/m0/s1. The van der Waals surface area contributed by atoms with Crippen molar-refractivity contribution in [3.63, 3.8) is 0 Å². The zero-order chi connectivity index (χ0) is 21.2. The van der Waals surface area contributed by atoms with Crippen LogP contribution in [0.4, 0.5) is 4.79 Å². The zero-order valence-electron chi connectivity index (χ0n) is 18.9. The maximum atomic E-state index is 12.7. The van der Waals surface area contributed by atoms with Crippen LogP contribution >= 0.6 is 0 Å². The molecule has 1 saturated heterocycles. The van der Waals surface area contributed by atoms with Crippen molar-refractivity contribution < 1.29 is 14.0 Å². The number of rotatable bonds is 6. The van der Waals surface area contributed by atoms with Crippen LogP contribution in [0.2, 0.25) is 18.1 Å². The van der Waals surface area contributed by atoms with Gasteiger partial charge in [0, 0.05) is 18.6 Å². The van der Waals surface area contributed by atoms with E-state index >= 15 is 0 Å². The highest BCUT2D eigenvalue weighted by molar-refractivity contribution is 6.74. The number of hydrogen-bond acceptors (Lipinski definition) is 4. The summed E-state index contributed by atoms with van der Waals surface area (Å²) >= 11 is 0. The molecule has 29 heavy (non-hydrogen) atoms. The van der Waals surface area contributed by atoms with Gasteiger partial charge in [-0.3, -0.25) is 4.90 Å². The van der Waals surface area contributed by atoms with E-state index < -0.39 is 8.32 Å². The topological polar surface area (TPSA) is 50.8 Å². The van der Waals surface area contributed by atoms with Crippen molar-refractivity contribution in [2.75, 3.05) is 13.7 Å². The number of carbonyl (C=O) groups excluding carboxylic acids is 1. The quantitative estimate of drug-likeness (QED) is 0.675. The maximum Gasteiger partial charge on any atom is 0.410 e. The molecule has 162 valence electrons. The van der Waals surface area contributed by atoms with Crippen molar-refractivity contribution in [1.29, 1.82) is 0 Å². The highest BCUT2D eigenvalue weighted by Crippen LogP contribution is 2.43. The minimum absolute atomic E-state index is 0.00980. The van der Waals surface area contributed by atoms with Crippen LogP contribution in [-0.4, -0.2) is 51.2 Å². The summed E-state index contributed by atoms with van der Waals surface area (Å²) in [6.07, 6.45) is 3.17. The highest BCUT2D eigenvalue weighted by atomic mass is 28.4. The number of benzene rings is 1. The molecule has 2 fully saturated rings. The molecule has 0 unspecified atom stereocenters. The van der Waals surface area contributed by atoms with Gasteiger partial charge >= 0.3 is 6.09 Å². The van der Waals surface area contributed by atoms with Crippen LogP contribution < -0.4 is 5.32 Å². The van der Waals surface area contributed by atoms with Gasteiger partial charge in [-0.05, 0) is 42.5 Å². The monoisotopic (exact) mass is 418 g/mol. The fourth-order valence-corrected chi connectivity index (χ4v) is 5.65. The average molecular weight is 419 g/mol. The molecule has 0 spiro atoms. The van der Waals surface area contributed by atoms with Crippen LogP contribution in [0, 0.1) is 5.92 Å². The summed E-state index contributed by atoms with van der Waals surface area (Å²) in [5.74, 6) is 0.464. The van der Waals surface area contributed by atoms with Crippen LogP contribution in [0.25, 0.3) is 0 Å². The lowest BCUT2D eigenvalue weighted by Gasteiger charge is -2.39. The Labute approximate surface area is 177 Å². The minimum Gasteiger partial charge on any atom is -0.453 e. The Morgan fingerprint density at radius 1 is 1.21 bits per heavy atom. The summed E-state index contributed by atoms with van der Waals surface area (Å²) < 4.78 is 11.8. The second-order valence-corrected chi connectivity index (χ2v) is 14.9. The van der Waals surface area contributed by atoms with Crippen LogP contribution in [0.5, 0.6) is 0 Å². The first-order chi connectivity index (χ1) is 13.7. The molecule has 1 aliphatic heterocycles. The Kier molecular flexibility index (Phi) is 6.76. The van der Waals surface area contributed by atoms with Gasteiger partial charge in [0.25, 0.3) is 0 Å². The number of hydrogen-bond donors (Lipinski definition) is 1. The van der Waals surface area contributed by atoms with Crippen molar-refractivity contribution in [3.05, 3.63) is 35.9 Å². The van der Waals surface area contributed by atoms with E-state index in [0.29, 0.717) is 12.5 Å². The number of nitrogens with one attached hydrogen (secondary N) is 1. The van der Waals surface area contributed by atoms with E-state index in [4.69, 9.17) is 9.16 Å². The van der Waals surface area contributed by atoms with E-state index in [1.165, 1.54) is 19.1 Å². The van der Waals surface area contributed by atoms with Gasteiger partial charge in [0.1, 0.15) is 0 Å². The number of methoxy groups -OCH3 is 1. The fourth-order valence-electron chi connectivity index (χ4n) is 4.63. The van der Waals surface area contributed by atoms with Gasteiger partial charge in [-0.25, -0.2) is 4.79 Å². The largest absolute Gasteiger partial charge is 0.453 e. The molecular weight excluding hydrogens is 380 g/mol. The first-order valence-corrected chi connectivity index (χ1v) is 13.8. The van der Waals surface area contributed by atoms with E-state index in [-0.39, 0.29) is 29.3 Å². The SMILES string of the molecule is COC(=O)N1[C@@H]2CCC[C@@H]2[C@H](NCc2ccccc2)[C@@H]1CO[Si](C)(C)C(C)(C)C. The van der Waals surface area contributed by atoms with E-state index in [1.807, 2.05) is 11.0 Å². The molecule has 1 amide bonds. The van der Waals surface area contributed by atoms with Crippen LogP contribution in [0.3, 0.4) is 0 Å². The Balaban J connectivity index is 1.80. The first kappa shape index (κ1) is 22.3. The highest BCUT2D eigenvalue weighted by Gasteiger charge is 2.53. The molecule has 1 aliphatic carbocycles. The number of carbonyl (C=O) groups is 1. The molecule has 1 saturated carbocycles. The lowest BCUT2D eigenvalue weighted by molar-refractivity contribution is 0.0814. The lowest BCUT2D eigenvalue weighted by atomic mass is 9.95. The van der Waals surface area contributed by atoms with E-state index in [1.54, 1.807) is 0 Å². The normalized spacial score (nSPS) is 27.2. The first-order valence-electron chi connectivity index (χ1n) is 10.9. The fraction of sp³-hybridized carbons (Fsp3) is 0.696. The molecule has 5 nitrogen and oxygen atoms in total. The third-order valence-corrected chi connectivity index (χ3v) is 11.8. The van der Waals surface area contributed by atoms with Gasteiger partial charge < -0.3 is 14.5 Å². The van der Waals surface area contributed by atoms with Crippen molar-refractivity contribution in [3.8, 4) is 0 Å². The van der Waals surface area contributed by atoms with Gasteiger partial charge in [-0.2, -0.15) is 0 Å². The average Bonchev–Trinajstić information content (AvgIpc) is 3.24. The summed E-state index contributed by atoms with van der Waals surface area (Å²) in [5.41, 5.74) is 1.27. The molecule has 0 bridgehead atoms. The summed E-state index contributed by atoms with van der Waals surface area (Å²) in [7, 11) is -0.417. The van der Waals surface area contributed by atoms with Crippen molar-refractivity contribution in [2.24, 2.45) is 5.92 Å². The van der Waals surface area contributed by atoms with Gasteiger partial charge in [0.05, 0.1) is 19.8 Å². The molecule has 0 radical (unpaired) electrons. The van der Waals surface area contributed by atoms with Crippen molar-refractivity contribution in [2.45, 2.75) is 82.8 Å². The molecule has 3 rings (SSSR count). The number of nitrogens with zero attached hydrogens (tertiary/aromatic N) is 1. The van der Waals surface area contributed by atoms with Crippen LogP contribution in [0.1, 0.15) is 45.6 Å². The third-order valence-electron chi connectivity index (χ3n) is 7.31. The number of amides is 1. The molecule has 1 aromatic rings. The predicted octanol–water partition coefficient (Wildman–Crippen LogP) is 4.79. The summed E-state index contributed by atoms with van der Waals surface area (Å²) in [4.78, 5) is 14.7. The van der Waals surface area contributed by atoms with E-state index in [9.17, 15) is 4.79 Å². The number of fused-ring (bicyclic) bond motifs is 1. The third kappa shape index (κ3) is 4.70. The minimum atomic E-state index is -1.91. The Bertz CT molecular complexity index is 689. The van der Waals surface area contributed by atoms with Crippen LogP contribution in [0.15, 0.2) is 30.3 Å². The summed E-state index contributed by atoms with van der Waals surface area (Å²) in [6.45, 7) is 12.7. The molecule has 2 aliphatic rings. The molecular formula is C23H38N2O3Si. The Morgan fingerprint density at radius 2 is 1.90 bits per heavy atom. The summed E-state index contributed by atoms with van der Waals surface area (Å²) in [6, 6.07) is 11.0. The zero-order valence-corrected chi connectivity index (χ0v) is 19.9. The van der Waals surface area contributed by atoms with Gasteiger partial charge in [0.15, 0.2) is 8.32 Å². The molecule has 1 aromatic carbocycles. The molecule has 1 heterocycles. The maximum absolute atomic E-state index is 12.7. The van der Waals surface area contributed by atoms with E-state index in [0.717, 1.165) is 19.4 Å². The van der Waals surface area contributed by atoms with Gasteiger partial charge in [0.2, 0.25) is 0 Å². The molecule has 4 atom stereocenters. The second-order valence-electron chi connectivity index (χ2n) is 10.1. The number of likely N-dealkylation sites (tertiary alicyclic amines) is 1. The molecule has 0 aromatic heterocycles. The Morgan fingerprint density at radius 3 is 2.52 bits per heavy atom. The number of ether oxygens (including phenoxy) is 1. The summed E-state index contributed by atoms with van der Waals surface area (Å²) in [5, 5.41) is 3.93. The van der Waals surface area contributed by atoms with Crippen LogP contribution in [-0.2, 0) is 15.7 Å². The van der Waals surface area contributed by atoms with Crippen molar-refractivity contribution in [1.82, 2.24) is 10.2 Å². The second kappa shape index (κ2) is 8.78. The Hall–Kier alpha value is -1.37. The van der Waals surface area contributed by atoms with Crippen molar-refractivity contribution >= 4 is 14.4 Å². The van der Waals surface area contributed by atoms with Gasteiger partial charge in [-0.15, -0.1) is 0 Å². The molecule has 1 N–H and O–H groups in total. The predicted molar refractivity (Wildman–Crippen MR) is 119 cm³/mol. The van der Waals surface area contributed by atoms with E-state index in [2.05, 4.69) is 63.4 Å². The molecule has 6 heteroatoms. The van der Waals surface area contributed by atoms with Gasteiger partial charge in [-0.1, -0.05) is 57.5 Å².